The van der Waals surface area contributed by atoms with Crippen LogP contribution in [0.2, 0.25) is 0 Å². The van der Waals surface area contributed by atoms with Crippen molar-refractivity contribution in [1.82, 2.24) is 9.80 Å². The molecule has 1 fully saturated rings. The van der Waals surface area contributed by atoms with Crippen molar-refractivity contribution >= 4 is 23.7 Å². The fraction of sp³-hybridized carbons (Fsp3) is 0.333. The molecule has 1 saturated heterocycles. The van der Waals surface area contributed by atoms with Gasteiger partial charge in [0.2, 0.25) is 0 Å². The van der Waals surface area contributed by atoms with E-state index >= 15 is 0 Å². The third-order valence-electron chi connectivity index (χ3n) is 5.68. The number of carbonyl (C=O) groups is 4. The number of rotatable bonds is 5. The van der Waals surface area contributed by atoms with Crippen molar-refractivity contribution in [2.24, 2.45) is 0 Å². The first-order valence-electron chi connectivity index (χ1n) is 10.5. The minimum atomic E-state index is -0.687. The lowest BCUT2D eigenvalue weighted by molar-refractivity contribution is -0.134. The van der Waals surface area contributed by atoms with Crippen LogP contribution in [0.15, 0.2) is 48.5 Å². The molecule has 0 atom stereocenters. The van der Waals surface area contributed by atoms with Crippen molar-refractivity contribution in [3.8, 4) is 0 Å². The lowest BCUT2D eigenvalue weighted by Gasteiger charge is -2.19. The summed E-state index contributed by atoms with van der Waals surface area (Å²) in [5.41, 5.74) is 1.42. The monoisotopic (exact) mass is 420 g/mol. The highest BCUT2D eigenvalue weighted by molar-refractivity contribution is 6.21. The molecule has 3 amide bonds. The summed E-state index contributed by atoms with van der Waals surface area (Å²) in [5.74, 6) is -1.73. The van der Waals surface area contributed by atoms with Gasteiger partial charge >= 0.3 is 5.97 Å². The largest absolute Gasteiger partial charge is 0.452 e. The maximum Gasteiger partial charge on any atom is 0.338 e. The number of benzene rings is 2. The highest BCUT2D eigenvalue weighted by Crippen LogP contribution is 2.26. The highest BCUT2D eigenvalue weighted by Gasteiger charge is 2.36. The SMILES string of the molecule is O=C(OCC(=O)N1CCCCCC1)c1ccc2c(c1)C(=O)N(Cc1ccccc1)C2=O. The maximum atomic E-state index is 12.8. The first-order chi connectivity index (χ1) is 15.0. The Balaban J connectivity index is 1.41. The predicted molar refractivity (Wildman–Crippen MR) is 112 cm³/mol. The van der Waals surface area contributed by atoms with Crippen molar-refractivity contribution < 1.29 is 23.9 Å². The summed E-state index contributed by atoms with van der Waals surface area (Å²) in [5, 5.41) is 0. The van der Waals surface area contributed by atoms with Gasteiger partial charge in [-0.05, 0) is 36.6 Å². The lowest BCUT2D eigenvalue weighted by atomic mass is 10.1. The van der Waals surface area contributed by atoms with Gasteiger partial charge in [-0.3, -0.25) is 19.3 Å². The third-order valence-corrected chi connectivity index (χ3v) is 5.68. The fourth-order valence-corrected chi connectivity index (χ4v) is 3.95. The van der Waals surface area contributed by atoms with E-state index in [-0.39, 0.29) is 41.7 Å². The lowest BCUT2D eigenvalue weighted by Crippen LogP contribution is -2.35. The van der Waals surface area contributed by atoms with Gasteiger partial charge in [0.05, 0.1) is 23.2 Å². The molecule has 0 unspecified atom stereocenters. The number of hydrogen-bond acceptors (Lipinski definition) is 5. The van der Waals surface area contributed by atoms with E-state index in [1.54, 1.807) is 4.90 Å². The Morgan fingerprint density at radius 3 is 2.23 bits per heavy atom. The average molecular weight is 420 g/mol. The van der Waals surface area contributed by atoms with Gasteiger partial charge in [-0.25, -0.2) is 4.79 Å². The van der Waals surface area contributed by atoms with Gasteiger partial charge in [0, 0.05) is 13.1 Å². The zero-order chi connectivity index (χ0) is 21.8. The van der Waals surface area contributed by atoms with Crippen molar-refractivity contribution in [1.29, 1.82) is 0 Å². The van der Waals surface area contributed by atoms with E-state index in [0.717, 1.165) is 36.1 Å². The minimum Gasteiger partial charge on any atom is -0.452 e. The Morgan fingerprint density at radius 1 is 0.839 bits per heavy atom. The number of nitrogens with zero attached hydrogens (tertiary/aromatic N) is 2. The molecule has 7 heteroatoms. The molecular weight excluding hydrogens is 396 g/mol. The van der Waals surface area contributed by atoms with Crippen LogP contribution in [0.5, 0.6) is 0 Å². The van der Waals surface area contributed by atoms with Crippen LogP contribution in [0.4, 0.5) is 0 Å². The van der Waals surface area contributed by atoms with Crippen LogP contribution in [-0.4, -0.2) is 53.2 Å². The van der Waals surface area contributed by atoms with Gasteiger partial charge in [-0.1, -0.05) is 43.2 Å². The van der Waals surface area contributed by atoms with Gasteiger partial charge in [0.25, 0.3) is 17.7 Å². The van der Waals surface area contributed by atoms with Gasteiger partial charge in [-0.15, -0.1) is 0 Å². The van der Waals surface area contributed by atoms with Crippen LogP contribution in [0, 0.1) is 0 Å². The standard InChI is InChI=1S/C24H24N2O5/c27-21(25-12-6-1-2-7-13-25)16-31-24(30)18-10-11-19-20(14-18)23(29)26(22(19)28)15-17-8-4-3-5-9-17/h3-5,8-11,14H,1-2,6-7,12-13,15-16H2. The van der Waals surface area contributed by atoms with E-state index in [1.807, 2.05) is 30.3 Å². The van der Waals surface area contributed by atoms with Crippen LogP contribution in [0.3, 0.4) is 0 Å². The second kappa shape index (κ2) is 9.12. The first kappa shape index (κ1) is 20.8. The molecule has 2 aliphatic heterocycles. The Morgan fingerprint density at radius 2 is 1.52 bits per heavy atom. The molecule has 160 valence electrons. The van der Waals surface area contributed by atoms with Crippen molar-refractivity contribution in [3.05, 3.63) is 70.8 Å². The van der Waals surface area contributed by atoms with Crippen LogP contribution in [-0.2, 0) is 16.1 Å². The molecule has 0 aliphatic carbocycles. The van der Waals surface area contributed by atoms with E-state index in [0.29, 0.717) is 13.1 Å². The van der Waals surface area contributed by atoms with Crippen LogP contribution >= 0.6 is 0 Å². The third kappa shape index (κ3) is 4.50. The van der Waals surface area contributed by atoms with Gasteiger partial charge in [0.1, 0.15) is 0 Å². The number of amides is 3. The summed E-state index contributed by atoms with van der Waals surface area (Å²) < 4.78 is 5.19. The van der Waals surface area contributed by atoms with Gasteiger partial charge < -0.3 is 9.64 Å². The molecule has 4 rings (SSSR count). The number of carbonyl (C=O) groups excluding carboxylic acids is 4. The molecule has 2 aliphatic rings. The molecule has 0 spiro atoms. The zero-order valence-corrected chi connectivity index (χ0v) is 17.2. The number of esters is 1. The van der Waals surface area contributed by atoms with Crippen molar-refractivity contribution in [2.45, 2.75) is 32.2 Å². The Kier molecular flexibility index (Phi) is 6.11. The molecule has 2 aromatic carbocycles. The normalized spacial score (nSPS) is 16.1. The first-order valence-corrected chi connectivity index (χ1v) is 10.5. The Labute approximate surface area is 180 Å². The van der Waals surface area contributed by atoms with E-state index < -0.39 is 11.9 Å². The maximum absolute atomic E-state index is 12.8. The van der Waals surface area contributed by atoms with Crippen LogP contribution in [0.1, 0.15) is 62.3 Å². The highest BCUT2D eigenvalue weighted by atomic mass is 16.5. The smallest absolute Gasteiger partial charge is 0.338 e. The quantitative estimate of drug-likeness (QED) is 0.548. The minimum absolute atomic E-state index is 0.144. The number of ether oxygens (including phenoxy) is 1. The molecule has 2 heterocycles. The summed E-state index contributed by atoms with van der Waals surface area (Å²) in [6.07, 6.45) is 4.12. The number of fused-ring (bicyclic) bond motifs is 1. The summed E-state index contributed by atoms with van der Waals surface area (Å²) in [6, 6.07) is 13.5. The summed E-state index contributed by atoms with van der Waals surface area (Å²) >= 11 is 0. The zero-order valence-electron chi connectivity index (χ0n) is 17.2. The van der Waals surface area contributed by atoms with Crippen molar-refractivity contribution in [2.75, 3.05) is 19.7 Å². The molecule has 0 bridgehead atoms. The van der Waals surface area contributed by atoms with E-state index in [2.05, 4.69) is 0 Å². The molecule has 0 aromatic heterocycles. The molecule has 7 nitrogen and oxygen atoms in total. The summed E-state index contributed by atoms with van der Waals surface area (Å²) in [4.78, 5) is 53.1. The van der Waals surface area contributed by atoms with Crippen LogP contribution in [0.25, 0.3) is 0 Å². The van der Waals surface area contributed by atoms with Gasteiger partial charge in [0.15, 0.2) is 6.61 Å². The Bertz CT molecular complexity index is 1010. The summed E-state index contributed by atoms with van der Waals surface area (Å²) in [6.45, 7) is 1.20. The predicted octanol–water partition coefficient (Wildman–Crippen LogP) is 3.04. The van der Waals surface area contributed by atoms with E-state index in [9.17, 15) is 19.2 Å². The fourth-order valence-electron chi connectivity index (χ4n) is 3.95. The average Bonchev–Trinajstić information content (AvgIpc) is 2.99. The molecule has 31 heavy (non-hydrogen) atoms. The summed E-state index contributed by atoms with van der Waals surface area (Å²) in [7, 11) is 0. The van der Waals surface area contributed by atoms with Gasteiger partial charge in [-0.2, -0.15) is 0 Å². The molecule has 0 radical (unpaired) electrons. The second-order valence-electron chi connectivity index (χ2n) is 7.81. The number of hydrogen-bond donors (Lipinski definition) is 0. The van der Waals surface area contributed by atoms with Crippen LogP contribution < -0.4 is 0 Å². The van der Waals surface area contributed by atoms with Crippen molar-refractivity contribution in [3.63, 3.8) is 0 Å². The number of likely N-dealkylation sites (tertiary alicyclic amines) is 1. The molecular formula is C24H24N2O5. The molecule has 0 saturated carbocycles. The van der Waals surface area contributed by atoms with E-state index in [1.165, 1.54) is 18.2 Å². The molecule has 2 aromatic rings. The number of imide groups is 1. The second-order valence-corrected chi connectivity index (χ2v) is 7.81. The Hall–Kier alpha value is -3.48. The molecule has 0 N–H and O–H groups in total. The van der Waals surface area contributed by atoms with E-state index in [4.69, 9.17) is 4.74 Å². The topological polar surface area (TPSA) is 84.0 Å².